The summed E-state index contributed by atoms with van der Waals surface area (Å²) < 4.78 is 11.3. The van der Waals surface area contributed by atoms with Gasteiger partial charge in [-0.15, -0.1) is 0 Å². The molecular formula is C17H23NO3. The molecule has 114 valence electrons. The molecule has 2 aliphatic rings. The van der Waals surface area contributed by atoms with Crippen LogP contribution in [-0.4, -0.2) is 31.3 Å². The van der Waals surface area contributed by atoms with Gasteiger partial charge in [0.1, 0.15) is 5.75 Å². The highest BCUT2D eigenvalue weighted by molar-refractivity contribution is 5.80. The molecule has 2 unspecified atom stereocenters. The molecule has 1 aromatic carbocycles. The average Bonchev–Trinajstić information content (AvgIpc) is 3.15. The molecule has 1 amide bonds. The number of carbonyl (C=O) groups excluding carboxylic acids is 1. The second-order valence-electron chi connectivity index (χ2n) is 5.92. The molecule has 1 fully saturated rings. The zero-order valence-electron chi connectivity index (χ0n) is 12.6. The van der Waals surface area contributed by atoms with Gasteiger partial charge in [0.15, 0.2) is 6.10 Å². The summed E-state index contributed by atoms with van der Waals surface area (Å²) in [7, 11) is 0. The summed E-state index contributed by atoms with van der Waals surface area (Å²) in [6.45, 7) is 3.18. The van der Waals surface area contributed by atoms with Crippen LogP contribution in [0.15, 0.2) is 18.2 Å². The molecule has 0 radical (unpaired) electrons. The highest BCUT2D eigenvalue weighted by atomic mass is 16.5. The molecule has 0 saturated carbocycles. The normalized spacial score (nSPS) is 21.9. The number of hydrogen-bond acceptors (Lipinski definition) is 3. The zero-order valence-corrected chi connectivity index (χ0v) is 12.6. The number of aryl methyl sites for hydroxylation is 2. The van der Waals surface area contributed by atoms with E-state index in [2.05, 4.69) is 17.4 Å². The van der Waals surface area contributed by atoms with Crippen molar-refractivity contribution in [1.29, 1.82) is 0 Å². The highest BCUT2D eigenvalue weighted by Gasteiger charge is 2.20. The van der Waals surface area contributed by atoms with Crippen molar-refractivity contribution in [2.75, 3.05) is 13.2 Å². The van der Waals surface area contributed by atoms with Crippen LogP contribution in [0.3, 0.4) is 0 Å². The first-order valence-corrected chi connectivity index (χ1v) is 7.90. The topological polar surface area (TPSA) is 47.6 Å². The number of amides is 1. The highest BCUT2D eigenvalue weighted by Crippen LogP contribution is 2.26. The minimum absolute atomic E-state index is 0.0778. The number of rotatable bonds is 5. The summed E-state index contributed by atoms with van der Waals surface area (Å²) in [6, 6.07) is 6.16. The molecule has 21 heavy (non-hydrogen) atoms. The first-order valence-electron chi connectivity index (χ1n) is 7.90. The Morgan fingerprint density at radius 1 is 1.38 bits per heavy atom. The number of nitrogens with one attached hydrogen (secondary N) is 1. The molecule has 4 nitrogen and oxygen atoms in total. The van der Waals surface area contributed by atoms with E-state index in [-0.39, 0.29) is 12.0 Å². The number of fused-ring (bicyclic) bond motifs is 1. The van der Waals surface area contributed by atoms with E-state index in [0.29, 0.717) is 6.54 Å². The van der Waals surface area contributed by atoms with Crippen LogP contribution in [0.25, 0.3) is 0 Å². The van der Waals surface area contributed by atoms with E-state index in [9.17, 15) is 4.79 Å². The molecule has 0 spiro atoms. The number of hydrogen-bond donors (Lipinski definition) is 1. The summed E-state index contributed by atoms with van der Waals surface area (Å²) in [5, 5.41) is 2.91. The van der Waals surface area contributed by atoms with Crippen LogP contribution in [-0.2, 0) is 22.4 Å². The van der Waals surface area contributed by atoms with E-state index in [1.165, 1.54) is 17.5 Å². The maximum Gasteiger partial charge on any atom is 0.260 e. The summed E-state index contributed by atoms with van der Waals surface area (Å²) in [5.74, 6) is 0.710. The van der Waals surface area contributed by atoms with Crippen molar-refractivity contribution in [2.45, 2.75) is 51.2 Å². The van der Waals surface area contributed by atoms with Gasteiger partial charge in [0.05, 0.1) is 6.10 Å². The Bertz CT molecular complexity index is 509. The van der Waals surface area contributed by atoms with E-state index in [1.807, 2.05) is 6.07 Å². The third kappa shape index (κ3) is 3.56. The van der Waals surface area contributed by atoms with Gasteiger partial charge in [-0.1, -0.05) is 6.07 Å². The predicted octanol–water partition coefficient (Wildman–Crippen LogP) is 2.24. The Morgan fingerprint density at radius 2 is 2.24 bits per heavy atom. The molecule has 3 rings (SSSR count). The van der Waals surface area contributed by atoms with Crippen molar-refractivity contribution in [2.24, 2.45) is 0 Å². The van der Waals surface area contributed by atoms with E-state index in [0.717, 1.165) is 38.0 Å². The molecule has 1 saturated heterocycles. The lowest BCUT2D eigenvalue weighted by Crippen LogP contribution is -2.40. The van der Waals surface area contributed by atoms with Crippen LogP contribution in [0.5, 0.6) is 5.75 Å². The summed E-state index contributed by atoms with van der Waals surface area (Å²) in [5.41, 5.74) is 2.78. The van der Waals surface area contributed by atoms with Crippen LogP contribution in [0.1, 0.15) is 37.3 Å². The van der Waals surface area contributed by atoms with Gasteiger partial charge in [-0.25, -0.2) is 0 Å². The lowest BCUT2D eigenvalue weighted by atomic mass is 10.1. The van der Waals surface area contributed by atoms with Crippen LogP contribution < -0.4 is 10.1 Å². The Morgan fingerprint density at radius 3 is 3.05 bits per heavy atom. The molecule has 4 heteroatoms. The van der Waals surface area contributed by atoms with E-state index >= 15 is 0 Å². The first kappa shape index (κ1) is 14.4. The van der Waals surface area contributed by atoms with Gasteiger partial charge < -0.3 is 14.8 Å². The van der Waals surface area contributed by atoms with Crippen molar-refractivity contribution >= 4 is 5.91 Å². The van der Waals surface area contributed by atoms with Crippen LogP contribution >= 0.6 is 0 Å². The predicted molar refractivity (Wildman–Crippen MR) is 80.5 cm³/mol. The van der Waals surface area contributed by atoms with Crippen molar-refractivity contribution in [3.05, 3.63) is 29.3 Å². The molecule has 1 aliphatic carbocycles. The van der Waals surface area contributed by atoms with Crippen LogP contribution in [0, 0.1) is 0 Å². The number of ether oxygens (including phenoxy) is 2. The molecule has 1 aromatic rings. The second-order valence-corrected chi connectivity index (χ2v) is 5.92. The monoisotopic (exact) mass is 289 g/mol. The second kappa shape index (κ2) is 6.48. The Hall–Kier alpha value is -1.55. The summed E-state index contributed by atoms with van der Waals surface area (Å²) >= 11 is 0. The molecule has 1 heterocycles. The van der Waals surface area contributed by atoms with Gasteiger partial charge in [0.2, 0.25) is 0 Å². The third-order valence-corrected chi connectivity index (χ3v) is 4.28. The minimum Gasteiger partial charge on any atom is -0.481 e. The molecule has 1 aliphatic heterocycles. The molecule has 0 aromatic heterocycles. The van der Waals surface area contributed by atoms with Gasteiger partial charge in [-0.3, -0.25) is 4.79 Å². The number of benzene rings is 1. The quantitative estimate of drug-likeness (QED) is 0.904. The van der Waals surface area contributed by atoms with Gasteiger partial charge >= 0.3 is 0 Å². The molecular weight excluding hydrogens is 266 g/mol. The lowest BCUT2D eigenvalue weighted by molar-refractivity contribution is -0.127. The minimum atomic E-state index is -0.481. The molecule has 2 atom stereocenters. The lowest BCUT2D eigenvalue weighted by Gasteiger charge is -2.17. The standard InChI is InChI=1S/C17H23NO3/c1-12(17(19)18-11-16-6-3-9-20-16)21-15-8-7-13-4-2-5-14(13)10-15/h7-8,10,12,16H,2-6,9,11H2,1H3,(H,18,19). The maximum absolute atomic E-state index is 12.0. The first-order chi connectivity index (χ1) is 10.2. The Balaban J connectivity index is 1.50. The van der Waals surface area contributed by atoms with Crippen molar-refractivity contribution in [1.82, 2.24) is 5.32 Å². The van der Waals surface area contributed by atoms with Crippen molar-refractivity contribution in [3.63, 3.8) is 0 Å². The fraction of sp³-hybridized carbons (Fsp3) is 0.588. The zero-order chi connectivity index (χ0) is 14.7. The van der Waals surface area contributed by atoms with Gasteiger partial charge in [-0.05, 0) is 62.3 Å². The summed E-state index contributed by atoms with van der Waals surface area (Å²) in [4.78, 5) is 12.0. The average molecular weight is 289 g/mol. The van der Waals surface area contributed by atoms with Crippen molar-refractivity contribution in [3.8, 4) is 5.75 Å². The summed E-state index contributed by atoms with van der Waals surface area (Å²) in [6.07, 6.45) is 5.30. The smallest absolute Gasteiger partial charge is 0.260 e. The molecule has 1 N–H and O–H groups in total. The van der Waals surface area contributed by atoms with Crippen LogP contribution in [0.4, 0.5) is 0 Å². The van der Waals surface area contributed by atoms with Crippen LogP contribution in [0.2, 0.25) is 0 Å². The SMILES string of the molecule is CC(Oc1ccc2c(c1)CCC2)C(=O)NCC1CCCO1. The van der Waals surface area contributed by atoms with E-state index < -0.39 is 6.10 Å². The fourth-order valence-corrected chi connectivity index (χ4v) is 3.04. The van der Waals surface area contributed by atoms with Gasteiger partial charge in [0, 0.05) is 13.2 Å². The van der Waals surface area contributed by atoms with E-state index in [4.69, 9.17) is 9.47 Å². The molecule has 0 bridgehead atoms. The van der Waals surface area contributed by atoms with Crippen molar-refractivity contribution < 1.29 is 14.3 Å². The van der Waals surface area contributed by atoms with Gasteiger partial charge in [0.25, 0.3) is 5.91 Å². The third-order valence-electron chi connectivity index (χ3n) is 4.28. The largest absolute Gasteiger partial charge is 0.481 e. The maximum atomic E-state index is 12.0. The number of carbonyl (C=O) groups is 1. The fourth-order valence-electron chi connectivity index (χ4n) is 3.04. The van der Waals surface area contributed by atoms with Gasteiger partial charge in [-0.2, -0.15) is 0 Å². The van der Waals surface area contributed by atoms with E-state index in [1.54, 1.807) is 6.92 Å². The Labute approximate surface area is 125 Å². The Kier molecular flexibility index (Phi) is 4.44.